The van der Waals surface area contributed by atoms with Crippen molar-refractivity contribution in [3.05, 3.63) is 17.0 Å². The smallest absolute Gasteiger partial charge is 0.137 e. The number of aromatic nitrogens is 2. The Labute approximate surface area is 102 Å². The van der Waals surface area contributed by atoms with E-state index < -0.39 is 0 Å². The molecule has 0 bridgehead atoms. The quantitative estimate of drug-likeness (QED) is 0.776. The van der Waals surface area contributed by atoms with E-state index in [1.165, 1.54) is 6.33 Å². The molecule has 1 rings (SSSR count). The summed E-state index contributed by atoms with van der Waals surface area (Å²) in [6, 6.07) is 0. The molecule has 5 heteroatoms. The predicted octanol–water partition coefficient (Wildman–Crippen LogP) is 2.06. The lowest BCUT2D eigenvalue weighted by Crippen LogP contribution is -2.25. The van der Waals surface area contributed by atoms with Gasteiger partial charge in [-0.1, -0.05) is 25.4 Å². The summed E-state index contributed by atoms with van der Waals surface area (Å²) in [7, 11) is 2.09. The minimum Gasteiger partial charge on any atom is -0.368 e. The number of nitrogens with zero attached hydrogens (tertiary/aromatic N) is 3. The van der Waals surface area contributed by atoms with Crippen LogP contribution in [-0.2, 0) is 6.42 Å². The van der Waals surface area contributed by atoms with Crippen molar-refractivity contribution in [2.75, 3.05) is 32.0 Å². The van der Waals surface area contributed by atoms with E-state index in [9.17, 15) is 0 Å². The molecule has 0 amide bonds. The molecule has 4 nitrogen and oxygen atoms in total. The lowest BCUT2D eigenvalue weighted by Gasteiger charge is -2.15. The van der Waals surface area contributed by atoms with E-state index in [-0.39, 0.29) is 0 Å². The van der Waals surface area contributed by atoms with Gasteiger partial charge in [0, 0.05) is 18.7 Å². The molecule has 1 N–H and O–H groups in total. The fourth-order valence-electron chi connectivity index (χ4n) is 1.38. The third-order valence-corrected chi connectivity index (χ3v) is 2.90. The maximum Gasteiger partial charge on any atom is 0.137 e. The molecule has 1 aromatic heterocycles. The van der Waals surface area contributed by atoms with Crippen molar-refractivity contribution in [2.24, 2.45) is 0 Å². The first kappa shape index (κ1) is 13.2. The standard InChI is InChI=1S/C11H19ClN4/c1-4-9-10(12)14-8-15-11(9)13-6-7-16(3)5-2/h8H,4-7H2,1-3H3,(H,13,14,15). The van der Waals surface area contributed by atoms with Crippen molar-refractivity contribution in [1.82, 2.24) is 14.9 Å². The van der Waals surface area contributed by atoms with Gasteiger partial charge >= 0.3 is 0 Å². The summed E-state index contributed by atoms with van der Waals surface area (Å²) in [4.78, 5) is 10.4. The summed E-state index contributed by atoms with van der Waals surface area (Å²) in [6.07, 6.45) is 2.33. The van der Waals surface area contributed by atoms with Crippen LogP contribution in [0.4, 0.5) is 5.82 Å². The molecule has 0 spiro atoms. The Morgan fingerprint density at radius 2 is 2.12 bits per heavy atom. The van der Waals surface area contributed by atoms with Crippen molar-refractivity contribution < 1.29 is 0 Å². The SMILES string of the molecule is CCc1c(Cl)ncnc1NCCN(C)CC. The van der Waals surface area contributed by atoms with Gasteiger partial charge in [-0.25, -0.2) is 9.97 Å². The van der Waals surface area contributed by atoms with Crippen molar-refractivity contribution in [2.45, 2.75) is 20.3 Å². The topological polar surface area (TPSA) is 41.1 Å². The molecule has 0 fully saturated rings. The average molecular weight is 243 g/mol. The van der Waals surface area contributed by atoms with E-state index in [4.69, 9.17) is 11.6 Å². The zero-order valence-corrected chi connectivity index (χ0v) is 10.9. The van der Waals surface area contributed by atoms with Crippen LogP contribution in [0.25, 0.3) is 0 Å². The van der Waals surface area contributed by atoms with Crippen molar-refractivity contribution >= 4 is 17.4 Å². The Morgan fingerprint density at radius 1 is 1.38 bits per heavy atom. The molecule has 0 aliphatic carbocycles. The van der Waals surface area contributed by atoms with Crippen LogP contribution >= 0.6 is 11.6 Å². The summed E-state index contributed by atoms with van der Waals surface area (Å²) >= 11 is 6.00. The van der Waals surface area contributed by atoms with Crippen molar-refractivity contribution in [3.8, 4) is 0 Å². The van der Waals surface area contributed by atoms with Gasteiger partial charge in [0.2, 0.25) is 0 Å². The number of rotatable bonds is 6. The molecule has 0 saturated carbocycles. The monoisotopic (exact) mass is 242 g/mol. The van der Waals surface area contributed by atoms with E-state index in [0.717, 1.165) is 37.4 Å². The molecule has 1 heterocycles. The van der Waals surface area contributed by atoms with Crippen LogP contribution in [0.5, 0.6) is 0 Å². The fraction of sp³-hybridized carbons (Fsp3) is 0.636. The van der Waals surface area contributed by atoms with Crippen molar-refractivity contribution in [1.29, 1.82) is 0 Å². The Morgan fingerprint density at radius 3 is 2.75 bits per heavy atom. The van der Waals surface area contributed by atoms with Crippen LogP contribution in [0.3, 0.4) is 0 Å². The number of halogens is 1. The van der Waals surface area contributed by atoms with Gasteiger partial charge < -0.3 is 10.2 Å². The van der Waals surface area contributed by atoms with E-state index in [0.29, 0.717) is 5.15 Å². The average Bonchev–Trinajstić information content (AvgIpc) is 2.29. The molecular formula is C11H19ClN4. The molecule has 0 unspecified atom stereocenters. The molecule has 90 valence electrons. The predicted molar refractivity (Wildman–Crippen MR) is 68.1 cm³/mol. The van der Waals surface area contributed by atoms with Crippen molar-refractivity contribution in [3.63, 3.8) is 0 Å². The van der Waals surface area contributed by atoms with E-state index in [1.807, 2.05) is 6.92 Å². The summed E-state index contributed by atoms with van der Waals surface area (Å²) in [6.45, 7) is 7.09. The number of nitrogens with one attached hydrogen (secondary N) is 1. The van der Waals surface area contributed by atoms with Gasteiger partial charge in [-0.05, 0) is 20.0 Å². The Balaban J connectivity index is 2.56. The van der Waals surface area contributed by atoms with Gasteiger partial charge in [0.15, 0.2) is 0 Å². The number of likely N-dealkylation sites (N-methyl/N-ethyl adjacent to an activating group) is 1. The highest BCUT2D eigenvalue weighted by molar-refractivity contribution is 6.30. The normalized spacial score (nSPS) is 10.8. The maximum atomic E-state index is 6.00. The first-order valence-electron chi connectivity index (χ1n) is 5.60. The van der Waals surface area contributed by atoms with E-state index in [2.05, 4.69) is 34.2 Å². The minimum atomic E-state index is 0.545. The summed E-state index contributed by atoms with van der Waals surface area (Å²) in [5.74, 6) is 0.854. The Kier molecular flexibility index (Phi) is 5.49. The second-order valence-corrected chi connectivity index (χ2v) is 4.03. The Bertz CT molecular complexity index is 330. The van der Waals surface area contributed by atoms with Crippen LogP contribution in [-0.4, -0.2) is 41.5 Å². The second kappa shape index (κ2) is 6.66. The maximum absolute atomic E-state index is 6.00. The van der Waals surface area contributed by atoms with E-state index >= 15 is 0 Å². The summed E-state index contributed by atoms with van der Waals surface area (Å²) in [5, 5.41) is 3.84. The lowest BCUT2D eigenvalue weighted by atomic mass is 10.2. The highest BCUT2D eigenvalue weighted by Gasteiger charge is 2.07. The second-order valence-electron chi connectivity index (χ2n) is 3.67. The molecule has 0 radical (unpaired) electrons. The molecule has 0 aromatic carbocycles. The van der Waals surface area contributed by atoms with Gasteiger partial charge in [-0.15, -0.1) is 0 Å². The van der Waals surface area contributed by atoms with Gasteiger partial charge in [0.25, 0.3) is 0 Å². The third kappa shape index (κ3) is 3.61. The van der Waals surface area contributed by atoms with Crippen LogP contribution < -0.4 is 5.32 Å². The van der Waals surface area contributed by atoms with Crippen LogP contribution in [0.2, 0.25) is 5.15 Å². The zero-order valence-electron chi connectivity index (χ0n) is 10.1. The fourth-order valence-corrected chi connectivity index (χ4v) is 1.65. The number of hydrogen-bond acceptors (Lipinski definition) is 4. The molecule has 0 saturated heterocycles. The first-order chi connectivity index (χ1) is 7.69. The van der Waals surface area contributed by atoms with Gasteiger partial charge in [0.1, 0.15) is 17.3 Å². The lowest BCUT2D eigenvalue weighted by molar-refractivity contribution is 0.367. The highest BCUT2D eigenvalue weighted by Crippen LogP contribution is 2.19. The molecular weight excluding hydrogens is 224 g/mol. The zero-order chi connectivity index (χ0) is 12.0. The third-order valence-electron chi connectivity index (χ3n) is 2.57. The highest BCUT2D eigenvalue weighted by atomic mass is 35.5. The molecule has 16 heavy (non-hydrogen) atoms. The Hall–Kier alpha value is -0.870. The molecule has 0 atom stereocenters. The first-order valence-corrected chi connectivity index (χ1v) is 5.98. The largest absolute Gasteiger partial charge is 0.368 e. The summed E-state index contributed by atoms with van der Waals surface area (Å²) in [5.41, 5.74) is 0.989. The number of anilines is 1. The van der Waals surface area contributed by atoms with Gasteiger partial charge in [-0.2, -0.15) is 0 Å². The van der Waals surface area contributed by atoms with E-state index in [1.54, 1.807) is 0 Å². The molecule has 0 aliphatic heterocycles. The van der Waals surface area contributed by atoms with Crippen LogP contribution in [0.15, 0.2) is 6.33 Å². The van der Waals surface area contributed by atoms with Crippen LogP contribution in [0, 0.1) is 0 Å². The van der Waals surface area contributed by atoms with Gasteiger partial charge in [-0.3, -0.25) is 0 Å². The minimum absolute atomic E-state index is 0.545. The summed E-state index contributed by atoms with van der Waals surface area (Å²) < 4.78 is 0. The molecule has 0 aliphatic rings. The number of hydrogen-bond donors (Lipinski definition) is 1. The van der Waals surface area contributed by atoms with Gasteiger partial charge in [0.05, 0.1) is 0 Å². The molecule has 1 aromatic rings. The van der Waals surface area contributed by atoms with Crippen LogP contribution in [0.1, 0.15) is 19.4 Å².